The van der Waals surface area contributed by atoms with Gasteiger partial charge in [0.15, 0.2) is 17.2 Å². The minimum atomic E-state index is -0.751. The first-order valence-corrected chi connectivity index (χ1v) is 15.6. The Labute approximate surface area is 313 Å². The number of nitrogens with zero attached hydrogens (tertiary/aromatic N) is 4. The molecule has 11 aromatic rings. The summed E-state index contributed by atoms with van der Waals surface area (Å²) in [6.07, 6.45) is 0. The van der Waals surface area contributed by atoms with Crippen LogP contribution in [0.2, 0.25) is 0 Å². The molecule has 0 saturated heterocycles. The number of benzene rings is 7. The molecule has 7 aromatic carbocycles. The van der Waals surface area contributed by atoms with Crippen LogP contribution >= 0.6 is 0 Å². The summed E-state index contributed by atoms with van der Waals surface area (Å²) in [5, 5.41) is 2.34. The van der Waals surface area contributed by atoms with E-state index in [1.807, 2.05) is 48.5 Å². The summed E-state index contributed by atoms with van der Waals surface area (Å²) in [6.45, 7) is 0. The molecule has 6 nitrogen and oxygen atoms in total. The molecule has 11 rings (SSSR count). The average Bonchev–Trinajstić information content (AvgIpc) is 4.02. The summed E-state index contributed by atoms with van der Waals surface area (Å²) in [7, 11) is 0. The van der Waals surface area contributed by atoms with Gasteiger partial charge in [0.25, 0.3) is 0 Å². The maximum atomic E-state index is 9.62. The van der Waals surface area contributed by atoms with E-state index in [-0.39, 0.29) is 16.7 Å². The van der Waals surface area contributed by atoms with Gasteiger partial charge in [-0.2, -0.15) is 9.97 Å². The van der Waals surface area contributed by atoms with Crippen LogP contribution in [-0.4, -0.2) is 19.5 Å². The first kappa shape index (κ1) is 16.6. The van der Waals surface area contributed by atoms with Gasteiger partial charge < -0.3 is 8.83 Å². The second-order valence-corrected chi connectivity index (χ2v) is 11.6. The molecule has 0 atom stereocenters. The van der Waals surface area contributed by atoms with Crippen LogP contribution in [0.3, 0.4) is 0 Å². The Morgan fingerprint density at radius 2 is 1.22 bits per heavy atom. The smallest absolute Gasteiger partial charge is 0.238 e. The second-order valence-electron chi connectivity index (χ2n) is 11.6. The molecule has 6 heteroatoms. The predicted octanol–water partition coefficient (Wildman–Crippen LogP) is 11.8. The molecule has 4 aromatic heterocycles. The van der Waals surface area contributed by atoms with Gasteiger partial charge in [-0.15, -0.1) is 0 Å². The highest BCUT2D eigenvalue weighted by Crippen LogP contribution is 2.41. The zero-order chi connectivity index (χ0) is 47.4. The summed E-state index contributed by atoms with van der Waals surface area (Å²) in [6, 6.07) is 7.24. The largest absolute Gasteiger partial charge is 0.456 e. The van der Waals surface area contributed by atoms with Crippen LogP contribution in [0.15, 0.2) is 166 Å². The standard InChI is InChI=1S/C45H26N4O2/c1-3-12-27(13-4-1)30-18-11-21-38-40(30)35-23-22-29(26-39(35)50-38)44-46-43(28-14-5-2-6-15-28)47-45(48-44)49-36-19-9-7-16-31(36)33-24-25-34-32-17-8-10-20-37(32)51-42(34)41(33)49/h1-26H/i1D,2D,3D,4D,5D,6D,11D,12D,13D,14D,15D,18D,21D,22D,23D,26D. The third-order valence-electron chi connectivity index (χ3n) is 8.77. The fourth-order valence-corrected chi connectivity index (χ4v) is 6.61. The first-order valence-electron chi connectivity index (χ1n) is 23.6. The van der Waals surface area contributed by atoms with Gasteiger partial charge in [-0.25, -0.2) is 4.98 Å². The number of rotatable bonds is 4. The van der Waals surface area contributed by atoms with E-state index in [0.717, 1.165) is 16.2 Å². The zero-order valence-electron chi connectivity index (χ0n) is 41.9. The number of fused-ring (bicyclic) bond motifs is 10. The lowest BCUT2D eigenvalue weighted by Crippen LogP contribution is -2.06. The summed E-state index contributed by atoms with van der Waals surface area (Å²) in [4.78, 5) is 14.1. The molecule has 0 unspecified atom stereocenters. The lowest BCUT2D eigenvalue weighted by atomic mass is 9.99. The quantitative estimate of drug-likeness (QED) is 0.186. The summed E-state index contributed by atoms with van der Waals surface area (Å²) < 4.78 is 155. The lowest BCUT2D eigenvalue weighted by molar-refractivity contribution is 0.669. The van der Waals surface area contributed by atoms with Crippen LogP contribution in [0.25, 0.3) is 106 Å². The molecule has 0 amide bonds. The molecule has 0 fully saturated rings. The molecule has 0 aliphatic rings. The Balaban J connectivity index is 1.28. The minimum Gasteiger partial charge on any atom is -0.456 e. The SMILES string of the molecule is [2H]c1c([2H])c([2H])c(-c2nc(-c3c([2H])c([2H])c4c(oc5c([2H])c([2H])c([2H])c(-c6c([2H])c([2H])c([2H])c([2H])c6[2H])c54)c3[2H])nc(-n3c4ccccc4c4ccc5c6ccccc6oc5c43)n2)c([2H])c1[2H]. The van der Waals surface area contributed by atoms with Crippen molar-refractivity contribution in [1.29, 1.82) is 0 Å². The van der Waals surface area contributed by atoms with Gasteiger partial charge in [0, 0.05) is 43.4 Å². The van der Waals surface area contributed by atoms with E-state index >= 15 is 0 Å². The number of aromatic nitrogens is 4. The molecule has 0 bridgehead atoms. The van der Waals surface area contributed by atoms with Gasteiger partial charge in [0.1, 0.15) is 22.3 Å². The monoisotopic (exact) mass is 670 g/mol. The van der Waals surface area contributed by atoms with Crippen LogP contribution < -0.4 is 0 Å². The maximum absolute atomic E-state index is 9.62. The molecule has 0 aliphatic heterocycles. The van der Waals surface area contributed by atoms with E-state index in [1.54, 1.807) is 16.7 Å². The van der Waals surface area contributed by atoms with E-state index < -0.39 is 142 Å². The van der Waals surface area contributed by atoms with Crippen molar-refractivity contribution in [2.45, 2.75) is 0 Å². The molecule has 238 valence electrons. The van der Waals surface area contributed by atoms with E-state index in [0.29, 0.717) is 27.6 Å². The number of para-hydroxylation sites is 2. The Bertz CT molecular complexity index is 4030. The van der Waals surface area contributed by atoms with E-state index in [9.17, 15) is 4.11 Å². The van der Waals surface area contributed by atoms with E-state index in [1.165, 1.54) is 0 Å². The Morgan fingerprint density at radius 1 is 0.490 bits per heavy atom. The van der Waals surface area contributed by atoms with Gasteiger partial charge in [-0.05, 0) is 47.5 Å². The van der Waals surface area contributed by atoms with Crippen molar-refractivity contribution in [1.82, 2.24) is 19.5 Å². The van der Waals surface area contributed by atoms with E-state index in [2.05, 4.69) is 4.98 Å². The fourth-order valence-electron chi connectivity index (χ4n) is 6.61. The van der Waals surface area contributed by atoms with Crippen molar-refractivity contribution in [3.63, 3.8) is 0 Å². The Hall–Kier alpha value is -7.05. The molecular weight excluding hydrogens is 629 g/mol. The van der Waals surface area contributed by atoms with Crippen LogP contribution in [0, 0.1) is 0 Å². The normalized spacial score (nSPS) is 16.3. The maximum Gasteiger partial charge on any atom is 0.238 e. The van der Waals surface area contributed by atoms with Crippen molar-refractivity contribution in [3.05, 3.63) is 157 Å². The lowest BCUT2D eigenvalue weighted by Gasteiger charge is -2.11. The average molecular weight is 671 g/mol. The highest BCUT2D eigenvalue weighted by Gasteiger charge is 2.22. The Morgan fingerprint density at radius 3 is 2.06 bits per heavy atom. The molecule has 0 aliphatic carbocycles. The molecule has 0 N–H and O–H groups in total. The molecule has 0 spiro atoms. The topological polar surface area (TPSA) is 69.9 Å². The van der Waals surface area contributed by atoms with Gasteiger partial charge >= 0.3 is 0 Å². The van der Waals surface area contributed by atoms with Crippen molar-refractivity contribution >= 4 is 65.7 Å². The van der Waals surface area contributed by atoms with Crippen molar-refractivity contribution < 1.29 is 30.8 Å². The third-order valence-corrected chi connectivity index (χ3v) is 8.77. The summed E-state index contributed by atoms with van der Waals surface area (Å²) in [5.74, 6) is -1.13. The van der Waals surface area contributed by atoms with Crippen molar-refractivity contribution in [2.75, 3.05) is 0 Å². The van der Waals surface area contributed by atoms with Crippen molar-refractivity contribution in [2.24, 2.45) is 0 Å². The summed E-state index contributed by atoms with van der Waals surface area (Å²) in [5.41, 5.74) is -0.758. The molecule has 0 radical (unpaired) electrons. The number of hydrogen-bond acceptors (Lipinski definition) is 5. The molecule has 0 saturated carbocycles. The predicted molar refractivity (Wildman–Crippen MR) is 205 cm³/mol. The van der Waals surface area contributed by atoms with Crippen LogP contribution in [0.5, 0.6) is 0 Å². The van der Waals surface area contributed by atoms with Crippen molar-refractivity contribution in [3.8, 4) is 39.9 Å². The second kappa shape index (κ2) is 10.7. The highest BCUT2D eigenvalue weighted by atomic mass is 16.3. The number of hydrogen-bond donors (Lipinski definition) is 0. The van der Waals surface area contributed by atoms with Gasteiger partial charge in [0.2, 0.25) is 5.95 Å². The fraction of sp³-hybridized carbons (Fsp3) is 0. The van der Waals surface area contributed by atoms with Gasteiger partial charge in [0.05, 0.1) is 27.4 Å². The third kappa shape index (κ3) is 4.20. The van der Waals surface area contributed by atoms with Gasteiger partial charge in [-0.1, -0.05) is 121 Å². The summed E-state index contributed by atoms with van der Waals surface area (Å²) >= 11 is 0. The highest BCUT2D eigenvalue weighted by molar-refractivity contribution is 6.21. The van der Waals surface area contributed by atoms with Crippen LogP contribution in [0.4, 0.5) is 0 Å². The first-order chi connectivity index (χ1) is 31.9. The molecule has 51 heavy (non-hydrogen) atoms. The van der Waals surface area contributed by atoms with Gasteiger partial charge in [-0.3, -0.25) is 4.57 Å². The zero-order valence-corrected chi connectivity index (χ0v) is 25.9. The Kier molecular flexibility index (Phi) is 3.48. The number of furan rings is 2. The molecular formula is C45H26N4O2. The van der Waals surface area contributed by atoms with E-state index in [4.69, 9.17) is 36.6 Å². The van der Waals surface area contributed by atoms with Crippen LogP contribution in [0.1, 0.15) is 21.9 Å². The van der Waals surface area contributed by atoms with Crippen LogP contribution in [-0.2, 0) is 0 Å². The molecule has 4 heterocycles. The minimum absolute atomic E-state index is 0.199.